The highest BCUT2D eigenvalue weighted by Crippen LogP contribution is 2.19. The second-order valence-electron chi connectivity index (χ2n) is 4.59. The van der Waals surface area contributed by atoms with Crippen LogP contribution in [0.3, 0.4) is 0 Å². The van der Waals surface area contributed by atoms with Gasteiger partial charge < -0.3 is 5.32 Å². The summed E-state index contributed by atoms with van der Waals surface area (Å²) in [7, 11) is -2.78. The largest absolute Gasteiger partial charge is 0.316 e. The predicted octanol–water partition coefficient (Wildman–Crippen LogP) is 1.90. The monoisotopic (exact) mass is 245 g/mol. The number of hydrogen-bond donors (Lipinski definition) is 1. The highest BCUT2D eigenvalue weighted by Gasteiger charge is 2.03. The lowest BCUT2D eigenvalue weighted by Gasteiger charge is -2.12. The summed E-state index contributed by atoms with van der Waals surface area (Å²) in [6.45, 7) is 1.79. The lowest BCUT2D eigenvalue weighted by molar-refractivity contribution is 0.592. The van der Waals surface area contributed by atoms with Gasteiger partial charge in [-0.3, -0.25) is 0 Å². The standard InChI is InChI=1S/C12H23NO2S/c1-16(14,15)11-5-9-13-10-8-12-6-3-2-4-7-12/h6,13H,2-5,7-11H2,1H3. The molecule has 1 N–H and O–H groups in total. The van der Waals surface area contributed by atoms with Gasteiger partial charge in [0.25, 0.3) is 0 Å². The molecule has 1 aliphatic carbocycles. The molecule has 3 nitrogen and oxygen atoms in total. The fourth-order valence-corrected chi connectivity index (χ4v) is 2.63. The number of allylic oxidation sites excluding steroid dienone is 1. The van der Waals surface area contributed by atoms with Crippen molar-refractivity contribution in [2.75, 3.05) is 25.1 Å². The maximum Gasteiger partial charge on any atom is 0.147 e. The minimum absolute atomic E-state index is 0.294. The van der Waals surface area contributed by atoms with E-state index in [1.54, 1.807) is 5.57 Å². The average molecular weight is 245 g/mol. The van der Waals surface area contributed by atoms with Crippen LogP contribution in [0.25, 0.3) is 0 Å². The molecule has 0 aliphatic heterocycles. The van der Waals surface area contributed by atoms with Gasteiger partial charge in [-0.2, -0.15) is 0 Å². The maximum atomic E-state index is 10.9. The first-order valence-electron chi connectivity index (χ1n) is 6.14. The molecule has 1 aliphatic rings. The van der Waals surface area contributed by atoms with E-state index in [2.05, 4.69) is 11.4 Å². The normalized spacial score (nSPS) is 17.2. The third kappa shape index (κ3) is 7.01. The van der Waals surface area contributed by atoms with Gasteiger partial charge in [-0.05, 0) is 51.6 Å². The van der Waals surface area contributed by atoms with Crippen molar-refractivity contribution in [2.24, 2.45) is 0 Å². The van der Waals surface area contributed by atoms with Crippen LogP contribution < -0.4 is 5.32 Å². The molecule has 0 aromatic heterocycles. The lowest BCUT2D eigenvalue weighted by Crippen LogP contribution is -2.20. The van der Waals surface area contributed by atoms with Gasteiger partial charge in [0.05, 0.1) is 5.75 Å². The number of nitrogens with one attached hydrogen (secondary N) is 1. The second-order valence-corrected chi connectivity index (χ2v) is 6.85. The molecule has 0 bridgehead atoms. The Morgan fingerprint density at radius 1 is 1.31 bits per heavy atom. The van der Waals surface area contributed by atoms with E-state index in [-0.39, 0.29) is 0 Å². The SMILES string of the molecule is CS(=O)(=O)CCCNCCC1=CCCCC1. The molecule has 0 fully saturated rings. The molecule has 0 aromatic carbocycles. The molecule has 0 amide bonds. The van der Waals surface area contributed by atoms with Crippen LogP contribution >= 0.6 is 0 Å². The summed E-state index contributed by atoms with van der Waals surface area (Å²) >= 11 is 0. The highest BCUT2D eigenvalue weighted by molar-refractivity contribution is 7.90. The van der Waals surface area contributed by atoms with Gasteiger partial charge >= 0.3 is 0 Å². The molecule has 0 saturated heterocycles. The fraction of sp³-hybridized carbons (Fsp3) is 0.833. The van der Waals surface area contributed by atoms with Gasteiger partial charge in [0.1, 0.15) is 9.84 Å². The summed E-state index contributed by atoms with van der Waals surface area (Å²) in [6.07, 6.45) is 10.7. The predicted molar refractivity (Wildman–Crippen MR) is 68.4 cm³/mol. The van der Waals surface area contributed by atoms with Crippen molar-refractivity contribution in [1.29, 1.82) is 0 Å². The van der Waals surface area contributed by atoms with Crippen LogP contribution in [-0.2, 0) is 9.84 Å². The Bertz CT molecular complexity index is 320. The summed E-state index contributed by atoms with van der Waals surface area (Å²) < 4.78 is 21.7. The van der Waals surface area contributed by atoms with Crippen molar-refractivity contribution < 1.29 is 8.42 Å². The molecule has 0 aromatic rings. The van der Waals surface area contributed by atoms with Crippen molar-refractivity contribution in [1.82, 2.24) is 5.32 Å². The zero-order chi connectivity index (χ0) is 11.9. The summed E-state index contributed by atoms with van der Waals surface area (Å²) in [5.74, 6) is 0.294. The molecular weight excluding hydrogens is 222 g/mol. The van der Waals surface area contributed by atoms with Gasteiger partial charge in [0, 0.05) is 6.26 Å². The number of sulfone groups is 1. The molecule has 0 radical (unpaired) electrons. The van der Waals surface area contributed by atoms with Gasteiger partial charge in [-0.1, -0.05) is 11.6 Å². The lowest BCUT2D eigenvalue weighted by atomic mass is 9.97. The van der Waals surface area contributed by atoms with Crippen molar-refractivity contribution in [3.8, 4) is 0 Å². The zero-order valence-electron chi connectivity index (χ0n) is 10.2. The van der Waals surface area contributed by atoms with Crippen LogP contribution in [-0.4, -0.2) is 33.5 Å². The Balaban J connectivity index is 1.97. The quantitative estimate of drug-likeness (QED) is 0.550. The Labute approximate surface area is 99.2 Å². The van der Waals surface area contributed by atoms with Crippen LogP contribution in [0, 0.1) is 0 Å². The van der Waals surface area contributed by atoms with Crippen molar-refractivity contribution in [3.63, 3.8) is 0 Å². The van der Waals surface area contributed by atoms with Crippen molar-refractivity contribution in [2.45, 2.75) is 38.5 Å². The molecule has 0 atom stereocenters. The minimum Gasteiger partial charge on any atom is -0.316 e. The summed E-state index contributed by atoms with van der Waals surface area (Å²) in [4.78, 5) is 0. The Morgan fingerprint density at radius 2 is 2.12 bits per heavy atom. The smallest absolute Gasteiger partial charge is 0.147 e. The van der Waals surface area contributed by atoms with Crippen molar-refractivity contribution in [3.05, 3.63) is 11.6 Å². The molecule has 1 rings (SSSR count). The van der Waals surface area contributed by atoms with Crippen LogP contribution in [0.15, 0.2) is 11.6 Å². The Kier molecular flexibility index (Phi) is 6.06. The van der Waals surface area contributed by atoms with E-state index in [9.17, 15) is 8.42 Å². The second kappa shape index (κ2) is 7.07. The molecule has 94 valence electrons. The molecule has 0 heterocycles. The van der Waals surface area contributed by atoms with Gasteiger partial charge in [-0.15, -0.1) is 0 Å². The van der Waals surface area contributed by atoms with E-state index in [0.29, 0.717) is 5.75 Å². The Hall–Kier alpha value is -0.350. The minimum atomic E-state index is -2.78. The van der Waals surface area contributed by atoms with Crippen LogP contribution in [0.2, 0.25) is 0 Å². The first-order valence-corrected chi connectivity index (χ1v) is 8.20. The summed E-state index contributed by atoms with van der Waals surface area (Å²) in [6, 6.07) is 0. The fourth-order valence-electron chi connectivity index (χ4n) is 1.97. The van der Waals surface area contributed by atoms with Crippen LogP contribution in [0.5, 0.6) is 0 Å². The molecule has 16 heavy (non-hydrogen) atoms. The van der Waals surface area contributed by atoms with E-state index in [1.165, 1.54) is 31.9 Å². The molecular formula is C12H23NO2S. The van der Waals surface area contributed by atoms with Crippen LogP contribution in [0.1, 0.15) is 38.5 Å². The number of hydrogen-bond acceptors (Lipinski definition) is 3. The maximum absolute atomic E-state index is 10.9. The summed E-state index contributed by atoms with van der Waals surface area (Å²) in [5, 5.41) is 3.30. The Morgan fingerprint density at radius 3 is 2.75 bits per heavy atom. The van der Waals surface area contributed by atoms with Crippen molar-refractivity contribution >= 4 is 9.84 Å². The molecule has 4 heteroatoms. The van der Waals surface area contributed by atoms with E-state index in [0.717, 1.165) is 25.9 Å². The van der Waals surface area contributed by atoms with E-state index >= 15 is 0 Å². The first-order chi connectivity index (χ1) is 7.58. The molecule has 0 unspecified atom stereocenters. The topological polar surface area (TPSA) is 46.2 Å². The third-order valence-electron chi connectivity index (χ3n) is 2.88. The number of rotatable bonds is 7. The third-order valence-corrected chi connectivity index (χ3v) is 3.91. The summed E-state index contributed by atoms with van der Waals surface area (Å²) in [5.41, 5.74) is 1.57. The van der Waals surface area contributed by atoms with E-state index in [4.69, 9.17) is 0 Å². The molecule has 0 saturated carbocycles. The van der Waals surface area contributed by atoms with Gasteiger partial charge in [0.2, 0.25) is 0 Å². The van der Waals surface area contributed by atoms with Gasteiger partial charge in [0.15, 0.2) is 0 Å². The van der Waals surface area contributed by atoms with Gasteiger partial charge in [-0.25, -0.2) is 8.42 Å². The van der Waals surface area contributed by atoms with E-state index < -0.39 is 9.84 Å². The average Bonchev–Trinajstić information content (AvgIpc) is 2.23. The van der Waals surface area contributed by atoms with E-state index in [1.807, 2.05) is 0 Å². The first kappa shape index (κ1) is 13.7. The zero-order valence-corrected chi connectivity index (χ0v) is 11.0. The highest BCUT2D eigenvalue weighted by atomic mass is 32.2. The van der Waals surface area contributed by atoms with Crippen LogP contribution in [0.4, 0.5) is 0 Å². The molecule has 0 spiro atoms.